The Morgan fingerprint density at radius 2 is 1.66 bits per heavy atom. The van der Waals surface area contributed by atoms with Crippen molar-refractivity contribution in [2.45, 2.75) is 91.3 Å². The number of nitrogens with zero attached hydrogens (tertiary/aromatic N) is 7. The molecule has 0 unspecified atom stereocenters. The summed E-state index contributed by atoms with van der Waals surface area (Å²) in [6, 6.07) is 2.22. The number of ether oxygens (including phenoxy) is 2. The van der Waals surface area contributed by atoms with Crippen molar-refractivity contribution in [3.05, 3.63) is 34.9 Å². The molecule has 3 fully saturated rings. The smallest absolute Gasteiger partial charge is 0.159 e. The molecule has 0 radical (unpaired) electrons. The number of hydrogen-bond donors (Lipinski definition) is 0. The maximum Gasteiger partial charge on any atom is 0.159 e. The normalized spacial score (nSPS) is 24.1. The van der Waals surface area contributed by atoms with Crippen LogP contribution in [0.15, 0.2) is 12.3 Å². The van der Waals surface area contributed by atoms with Crippen molar-refractivity contribution in [1.29, 1.82) is 0 Å². The van der Waals surface area contributed by atoms with E-state index in [0.717, 1.165) is 82.3 Å². The molecule has 0 saturated heterocycles. The quantitative estimate of drug-likeness (QED) is 0.293. The minimum absolute atomic E-state index is 0.316. The average Bonchev–Trinajstić information content (AvgIpc) is 3.51. The Morgan fingerprint density at radius 3 is 2.32 bits per heavy atom. The van der Waals surface area contributed by atoms with Crippen molar-refractivity contribution < 1.29 is 9.47 Å². The zero-order valence-corrected chi connectivity index (χ0v) is 25.9. The lowest BCUT2D eigenvalue weighted by molar-refractivity contribution is -0.0771. The Labute approximate surface area is 245 Å². The summed E-state index contributed by atoms with van der Waals surface area (Å²) >= 11 is 0. The molecule has 3 aromatic rings. The van der Waals surface area contributed by atoms with E-state index in [1.165, 1.54) is 61.2 Å². The van der Waals surface area contributed by atoms with Gasteiger partial charge in [0.25, 0.3) is 0 Å². The predicted octanol–water partition coefficient (Wildman–Crippen LogP) is 4.81. The van der Waals surface area contributed by atoms with Crippen molar-refractivity contribution >= 4 is 16.7 Å². The summed E-state index contributed by atoms with van der Waals surface area (Å²) in [5.41, 5.74) is 7.99. The van der Waals surface area contributed by atoms with Crippen LogP contribution in [0.5, 0.6) is 0 Å². The summed E-state index contributed by atoms with van der Waals surface area (Å²) in [5, 5.41) is 10.8. The van der Waals surface area contributed by atoms with Gasteiger partial charge in [-0.3, -0.25) is 14.3 Å². The third-order valence-electron chi connectivity index (χ3n) is 10.4. The molecule has 9 heteroatoms. The van der Waals surface area contributed by atoms with Crippen LogP contribution >= 0.6 is 0 Å². The predicted molar refractivity (Wildman–Crippen MR) is 162 cm³/mol. The molecular weight excluding hydrogens is 514 g/mol. The highest BCUT2D eigenvalue weighted by Crippen LogP contribution is 2.55. The van der Waals surface area contributed by atoms with Gasteiger partial charge < -0.3 is 14.4 Å². The molecule has 0 atom stereocenters. The highest BCUT2D eigenvalue weighted by atomic mass is 16.5. The molecule has 4 aliphatic rings. The van der Waals surface area contributed by atoms with Gasteiger partial charge in [-0.2, -0.15) is 10.2 Å². The van der Waals surface area contributed by atoms with Gasteiger partial charge in [0, 0.05) is 81.9 Å². The standard InChI is InChI=1S/C32H49N7O2/c1-6-40-18-16-38(17-19-41-7-2)32-12-9-31(10-13-32,11-14-32)23-39-28-8-15-37(22-27(28)25(4)35-39)29-20-24(3)34-30-26(29)21-33-36(30)5/h20-21H,6-19,22-23H2,1-5H3. The van der Waals surface area contributed by atoms with Crippen LogP contribution in [0.1, 0.15) is 75.0 Å². The Bertz CT molecular complexity index is 1330. The van der Waals surface area contributed by atoms with Crippen LogP contribution in [0.25, 0.3) is 11.0 Å². The maximum atomic E-state index is 5.78. The van der Waals surface area contributed by atoms with E-state index in [2.05, 4.69) is 53.3 Å². The Hall–Kier alpha value is -2.49. The second kappa shape index (κ2) is 11.7. The van der Waals surface area contributed by atoms with Gasteiger partial charge in [-0.05, 0) is 77.7 Å². The number of hydrogen-bond acceptors (Lipinski definition) is 7. The van der Waals surface area contributed by atoms with E-state index >= 15 is 0 Å². The van der Waals surface area contributed by atoms with Crippen molar-refractivity contribution in [1.82, 2.24) is 29.4 Å². The van der Waals surface area contributed by atoms with Gasteiger partial charge in [-0.15, -0.1) is 0 Å². The van der Waals surface area contributed by atoms with Crippen LogP contribution < -0.4 is 4.90 Å². The monoisotopic (exact) mass is 563 g/mol. The van der Waals surface area contributed by atoms with E-state index in [4.69, 9.17) is 19.6 Å². The fourth-order valence-corrected chi connectivity index (χ4v) is 7.98. The van der Waals surface area contributed by atoms with E-state index < -0.39 is 0 Å². The summed E-state index contributed by atoms with van der Waals surface area (Å²) < 4.78 is 15.8. The zero-order chi connectivity index (χ0) is 28.6. The third-order valence-corrected chi connectivity index (χ3v) is 10.4. The maximum absolute atomic E-state index is 5.78. The summed E-state index contributed by atoms with van der Waals surface area (Å²) in [6.07, 6.45) is 10.7. The highest BCUT2D eigenvalue weighted by Gasteiger charge is 2.51. The first-order valence-electron chi connectivity index (χ1n) is 15.9. The van der Waals surface area contributed by atoms with Crippen LogP contribution in [0.3, 0.4) is 0 Å². The molecule has 224 valence electrons. The highest BCUT2D eigenvalue weighted by molar-refractivity contribution is 5.89. The molecule has 0 spiro atoms. The van der Waals surface area contributed by atoms with Crippen molar-refractivity contribution in [2.24, 2.45) is 12.5 Å². The zero-order valence-electron chi connectivity index (χ0n) is 25.9. The minimum atomic E-state index is 0.316. The molecule has 2 bridgehead atoms. The summed E-state index contributed by atoms with van der Waals surface area (Å²) in [6.45, 7) is 16.7. The first kappa shape index (κ1) is 28.6. The van der Waals surface area contributed by atoms with E-state index in [1.807, 2.05) is 17.9 Å². The lowest BCUT2D eigenvalue weighted by Gasteiger charge is -2.58. The van der Waals surface area contributed by atoms with Gasteiger partial charge in [-0.1, -0.05) is 0 Å². The molecule has 0 aromatic carbocycles. The van der Waals surface area contributed by atoms with Crippen molar-refractivity contribution in [2.75, 3.05) is 51.0 Å². The lowest BCUT2D eigenvalue weighted by Crippen LogP contribution is -2.59. The molecule has 3 aliphatic carbocycles. The summed E-state index contributed by atoms with van der Waals surface area (Å²) in [7, 11) is 1.97. The van der Waals surface area contributed by atoms with E-state index in [9.17, 15) is 0 Å². The van der Waals surface area contributed by atoms with Gasteiger partial charge in [0.1, 0.15) is 0 Å². The van der Waals surface area contributed by atoms with E-state index in [0.29, 0.717) is 11.0 Å². The first-order valence-corrected chi connectivity index (χ1v) is 15.9. The number of rotatable bonds is 12. The van der Waals surface area contributed by atoms with Gasteiger partial charge in [0.2, 0.25) is 0 Å². The summed E-state index contributed by atoms with van der Waals surface area (Å²) in [5.74, 6) is 0. The molecule has 0 amide bonds. The first-order chi connectivity index (χ1) is 19.9. The molecule has 0 N–H and O–H groups in total. The second-order valence-corrected chi connectivity index (χ2v) is 12.7. The van der Waals surface area contributed by atoms with Crippen molar-refractivity contribution in [3.63, 3.8) is 0 Å². The Morgan fingerprint density at radius 1 is 0.976 bits per heavy atom. The number of anilines is 1. The average molecular weight is 564 g/mol. The Balaban J connectivity index is 1.16. The van der Waals surface area contributed by atoms with Crippen LogP contribution in [0.2, 0.25) is 0 Å². The van der Waals surface area contributed by atoms with Crippen LogP contribution in [-0.2, 0) is 36.0 Å². The molecule has 1 aliphatic heterocycles. The molecule has 41 heavy (non-hydrogen) atoms. The number of pyridine rings is 1. The van der Waals surface area contributed by atoms with Gasteiger partial charge in [-0.25, -0.2) is 4.98 Å². The second-order valence-electron chi connectivity index (χ2n) is 12.7. The number of aryl methyl sites for hydroxylation is 3. The molecule has 9 nitrogen and oxygen atoms in total. The minimum Gasteiger partial charge on any atom is -0.380 e. The molecular formula is C32H49N7O2. The van der Waals surface area contributed by atoms with Crippen LogP contribution in [0.4, 0.5) is 5.69 Å². The third kappa shape index (κ3) is 5.41. The van der Waals surface area contributed by atoms with Gasteiger partial charge in [0.15, 0.2) is 5.65 Å². The van der Waals surface area contributed by atoms with E-state index in [-0.39, 0.29) is 0 Å². The Kier molecular flexibility index (Phi) is 8.13. The molecule has 3 saturated carbocycles. The molecule has 7 rings (SSSR count). The van der Waals surface area contributed by atoms with Crippen LogP contribution in [0, 0.1) is 19.3 Å². The van der Waals surface area contributed by atoms with Gasteiger partial charge >= 0.3 is 0 Å². The van der Waals surface area contributed by atoms with Gasteiger partial charge in [0.05, 0.1) is 36.2 Å². The van der Waals surface area contributed by atoms with E-state index in [1.54, 1.807) is 0 Å². The van der Waals surface area contributed by atoms with Crippen LogP contribution in [-0.4, -0.2) is 81.0 Å². The summed E-state index contributed by atoms with van der Waals surface area (Å²) in [4.78, 5) is 9.96. The fourth-order valence-electron chi connectivity index (χ4n) is 7.98. The lowest BCUT2D eigenvalue weighted by atomic mass is 9.56. The van der Waals surface area contributed by atoms with Crippen molar-refractivity contribution in [3.8, 4) is 0 Å². The molecule has 4 heterocycles. The SMILES string of the molecule is CCOCCN(CCOCC)C12CCC(Cn3nc(C)c4c3CCN(c3cc(C)nc5c3cnn5C)C4)(CC1)CC2. The fraction of sp³-hybridized carbons (Fsp3) is 0.719. The number of aromatic nitrogens is 5. The topological polar surface area (TPSA) is 73.5 Å². The molecule has 3 aromatic heterocycles. The number of fused-ring (bicyclic) bond motifs is 5. The largest absolute Gasteiger partial charge is 0.380 e.